The van der Waals surface area contributed by atoms with Crippen molar-refractivity contribution in [1.82, 2.24) is 9.97 Å². The molecule has 1 aromatic rings. The Bertz CT molecular complexity index is 390. The molecule has 2 N–H and O–H groups in total. The molecule has 0 atom stereocenters. The smallest absolute Gasteiger partial charge is 0.148 e. The van der Waals surface area contributed by atoms with Crippen molar-refractivity contribution in [2.45, 2.75) is 62.8 Å². The number of nitrogens with zero attached hydrogens (tertiary/aromatic N) is 2. The number of hydrogen-bond donors (Lipinski definition) is 1. The van der Waals surface area contributed by atoms with E-state index in [-0.39, 0.29) is 5.54 Å². The summed E-state index contributed by atoms with van der Waals surface area (Å²) in [6.45, 7) is 0. The molecule has 3 rings (SSSR count). The molecule has 0 bridgehead atoms. The van der Waals surface area contributed by atoms with Crippen LogP contribution in [0.15, 0.2) is 12.3 Å². The second-order valence-corrected chi connectivity index (χ2v) is 5.65. The highest BCUT2D eigenvalue weighted by molar-refractivity contribution is 5.15. The van der Waals surface area contributed by atoms with Crippen molar-refractivity contribution < 1.29 is 0 Å². The van der Waals surface area contributed by atoms with Crippen LogP contribution in [0.25, 0.3) is 0 Å². The van der Waals surface area contributed by atoms with Crippen molar-refractivity contribution in [3.8, 4) is 0 Å². The van der Waals surface area contributed by atoms with E-state index in [4.69, 9.17) is 10.7 Å². The standard InChI is InChI=1S/C14H21N3/c15-14(8-3-4-9-14)13-16-10-7-12(17-13)11-5-1-2-6-11/h7,10-11H,1-6,8-9,15H2. The van der Waals surface area contributed by atoms with E-state index in [1.54, 1.807) is 0 Å². The van der Waals surface area contributed by atoms with Crippen LogP contribution in [-0.2, 0) is 5.54 Å². The van der Waals surface area contributed by atoms with Crippen molar-refractivity contribution in [3.05, 3.63) is 23.8 Å². The quantitative estimate of drug-likeness (QED) is 0.851. The predicted molar refractivity (Wildman–Crippen MR) is 67.6 cm³/mol. The first-order valence-electron chi connectivity index (χ1n) is 6.90. The van der Waals surface area contributed by atoms with Gasteiger partial charge in [-0.2, -0.15) is 0 Å². The van der Waals surface area contributed by atoms with Gasteiger partial charge in [-0.1, -0.05) is 25.7 Å². The van der Waals surface area contributed by atoms with E-state index in [1.807, 2.05) is 6.20 Å². The summed E-state index contributed by atoms with van der Waals surface area (Å²) in [4.78, 5) is 9.20. The van der Waals surface area contributed by atoms with E-state index in [1.165, 1.54) is 44.2 Å². The van der Waals surface area contributed by atoms with Gasteiger partial charge in [-0.3, -0.25) is 0 Å². The van der Waals surface area contributed by atoms with Crippen molar-refractivity contribution in [1.29, 1.82) is 0 Å². The summed E-state index contributed by atoms with van der Waals surface area (Å²) in [6.07, 6.45) is 11.7. The van der Waals surface area contributed by atoms with Gasteiger partial charge in [0.2, 0.25) is 0 Å². The van der Waals surface area contributed by atoms with Gasteiger partial charge in [0.25, 0.3) is 0 Å². The molecule has 2 saturated carbocycles. The molecule has 2 aliphatic carbocycles. The molecular formula is C14H21N3. The topological polar surface area (TPSA) is 51.8 Å². The molecule has 0 aliphatic heterocycles. The Morgan fingerprint density at radius 2 is 1.82 bits per heavy atom. The fourth-order valence-corrected chi connectivity index (χ4v) is 3.29. The van der Waals surface area contributed by atoms with Gasteiger partial charge in [-0.05, 0) is 31.7 Å². The molecule has 0 amide bonds. The lowest BCUT2D eigenvalue weighted by atomic mass is 9.97. The summed E-state index contributed by atoms with van der Waals surface area (Å²) in [5.74, 6) is 1.54. The second-order valence-electron chi connectivity index (χ2n) is 5.65. The van der Waals surface area contributed by atoms with E-state index < -0.39 is 0 Å². The van der Waals surface area contributed by atoms with E-state index in [0.29, 0.717) is 5.92 Å². The minimum atomic E-state index is -0.241. The largest absolute Gasteiger partial charge is 0.319 e. The van der Waals surface area contributed by atoms with E-state index in [9.17, 15) is 0 Å². The first-order chi connectivity index (χ1) is 8.28. The Morgan fingerprint density at radius 3 is 2.53 bits per heavy atom. The third-order valence-corrected chi connectivity index (χ3v) is 4.39. The lowest BCUT2D eigenvalue weighted by Gasteiger charge is -2.22. The molecule has 17 heavy (non-hydrogen) atoms. The van der Waals surface area contributed by atoms with E-state index in [0.717, 1.165) is 18.7 Å². The van der Waals surface area contributed by atoms with Gasteiger partial charge in [0.05, 0.1) is 5.54 Å². The Morgan fingerprint density at radius 1 is 1.12 bits per heavy atom. The molecule has 0 radical (unpaired) electrons. The molecule has 2 fully saturated rings. The molecule has 0 aromatic carbocycles. The van der Waals surface area contributed by atoms with Gasteiger partial charge in [0.15, 0.2) is 0 Å². The normalized spacial score (nSPS) is 24.3. The Kier molecular flexibility index (Phi) is 2.87. The lowest BCUT2D eigenvalue weighted by molar-refractivity contribution is 0.427. The number of rotatable bonds is 2. The van der Waals surface area contributed by atoms with Crippen LogP contribution in [0.4, 0.5) is 0 Å². The average Bonchev–Trinajstić information content (AvgIpc) is 3.01. The third-order valence-electron chi connectivity index (χ3n) is 4.39. The maximum atomic E-state index is 6.42. The van der Waals surface area contributed by atoms with Crippen molar-refractivity contribution >= 4 is 0 Å². The first kappa shape index (κ1) is 11.1. The summed E-state index contributed by atoms with van der Waals surface area (Å²) in [6, 6.07) is 2.08. The Labute approximate surface area is 103 Å². The van der Waals surface area contributed by atoms with E-state index in [2.05, 4.69) is 11.1 Å². The van der Waals surface area contributed by atoms with Crippen LogP contribution in [0.5, 0.6) is 0 Å². The number of nitrogens with two attached hydrogens (primary N) is 1. The Balaban J connectivity index is 1.88. The molecule has 2 aliphatic rings. The minimum absolute atomic E-state index is 0.241. The van der Waals surface area contributed by atoms with Crippen molar-refractivity contribution in [3.63, 3.8) is 0 Å². The zero-order chi connectivity index (χ0) is 11.7. The summed E-state index contributed by atoms with van der Waals surface area (Å²) in [7, 11) is 0. The molecule has 92 valence electrons. The molecule has 3 nitrogen and oxygen atoms in total. The van der Waals surface area contributed by atoms with Gasteiger partial charge in [0.1, 0.15) is 5.82 Å². The van der Waals surface area contributed by atoms with Crippen LogP contribution in [0, 0.1) is 0 Å². The molecule has 1 aromatic heterocycles. The highest BCUT2D eigenvalue weighted by atomic mass is 15.0. The summed E-state index contributed by atoms with van der Waals surface area (Å²) in [5.41, 5.74) is 7.41. The van der Waals surface area contributed by atoms with Crippen LogP contribution in [0.1, 0.15) is 68.8 Å². The molecule has 0 spiro atoms. The molecule has 0 saturated heterocycles. The molecule has 1 heterocycles. The maximum Gasteiger partial charge on any atom is 0.148 e. The van der Waals surface area contributed by atoms with Gasteiger partial charge < -0.3 is 5.73 Å². The molecule has 3 heteroatoms. The van der Waals surface area contributed by atoms with Gasteiger partial charge in [-0.25, -0.2) is 9.97 Å². The summed E-state index contributed by atoms with van der Waals surface area (Å²) < 4.78 is 0. The van der Waals surface area contributed by atoms with Crippen LogP contribution >= 0.6 is 0 Å². The van der Waals surface area contributed by atoms with Gasteiger partial charge in [-0.15, -0.1) is 0 Å². The summed E-state index contributed by atoms with van der Waals surface area (Å²) >= 11 is 0. The van der Waals surface area contributed by atoms with Crippen LogP contribution in [0.3, 0.4) is 0 Å². The van der Waals surface area contributed by atoms with Gasteiger partial charge >= 0.3 is 0 Å². The second kappa shape index (κ2) is 4.37. The van der Waals surface area contributed by atoms with Crippen LogP contribution < -0.4 is 5.73 Å². The van der Waals surface area contributed by atoms with Crippen molar-refractivity contribution in [2.75, 3.05) is 0 Å². The monoisotopic (exact) mass is 231 g/mol. The minimum Gasteiger partial charge on any atom is -0.319 e. The molecule has 0 unspecified atom stereocenters. The average molecular weight is 231 g/mol. The fourth-order valence-electron chi connectivity index (χ4n) is 3.29. The van der Waals surface area contributed by atoms with Crippen LogP contribution in [-0.4, -0.2) is 9.97 Å². The van der Waals surface area contributed by atoms with E-state index >= 15 is 0 Å². The highest BCUT2D eigenvalue weighted by Gasteiger charge is 2.34. The molecular weight excluding hydrogens is 210 g/mol. The Hall–Kier alpha value is -0.960. The predicted octanol–water partition coefficient (Wildman–Crippen LogP) is 2.86. The van der Waals surface area contributed by atoms with Gasteiger partial charge in [0, 0.05) is 17.8 Å². The fraction of sp³-hybridized carbons (Fsp3) is 0.714. The zero-order valence-corrected chi connectivity index (χ0v) is 10.4. The maximum absolute atomic E-state index is 6.42. The summed E-state index contributed by atoms with van der Waals surface area (Å²) in [5, 5.41) is 0. The third kappa shape index (κ3) is 2.08. The zero-order valence-electron chi connectivity index (χ0n) is 10.4. The number of aromatic nitrogens is 2. The first-order valence-corrected chi connectivity index (χ1v) is 6.90. The van der Waals surface area contributed by atoms with Crippen LogP contribution in [0.2, 0.25) is 0 Å². The van der Waals surface area contributed by atoms with Crippen molar-refractivity contribution in [2.24, 2.45) is 5.73 Å². The SMILES string of the molecule is NC1(c2nccc(C3CCCC3)n2)CCCC1. The lowest BCUT2D eigenvalue weighted by Crippen LogP contribution is -2.35. The number of hydrogen-bond acceptors (Lipinski definition) is 3. The highest BCUT2D eigenvalue weighted by Crippen LogP contribution is 2.36.